The summed E-state index contributed by atoms with van der Waals surface area (Å²) in [5.74, 6) is 0.205. The lowest BCUT2D eigenvalue weighted by molar-refractivity contribution is -0.248. The summed E-state index contributed by atoms with van der Waals surface area (Å²) in [6.45, 7) is 12.8. The standard InChI is InChI=1S/C18H37NO3/c1-9-15(4)19(7)22-18(5,6)13-17(21-8)16(10-11-20)12-14(2)3/h12,15-17,20H,9-11,13H2,1-8H3. The molecule has 0 amide bonds. The van der Waals surface area contributed by atoms with Gasteiger partial charge in [0.05, 0.1) is 11.7 Å². The number of aliphatic hydroxyl groups is 1. The van der Waals surface area contributed by atoms with Crippen LogP contribution in [0.2, 0.25) is 0 Å². The summed E-state index contributed by atoms with van der Waals surface area (Å²) in [5.41, 5.74) is 0.929. The fraction of sp³-hybridized carbons (Fsp3) is 0.889. The third-order valence-electron chi connectivity index (χ3n) is 4.09. The van der Waals surface area contributed by atoms with Crippen LogP contribution in [0.4, 0.5) is 0 Å². The highest BCUT2D eigenvalue weighted by Crippen LogP contribution is 2.27. The zero-order valence-electron chi connectivity index (χ0n) is 15.8. The van der Waals surface area contributed by atoms with Gasteiger partial charge in [-0.05, 0) is 47.5 Å². The fourth-order valence-electron chi connectivity index (χ4n) is 2.62. The van der Waals surface area contributed by atoms with Crippen molar-refractivity contribution in [2.75, 3.05) is 20.8 Å². The van der Waals surface area contributed by atoms with E-state index >= 15 is 0 Å². The Balaban J connectivity index is 4.90. The van der Waals surface area contributed by atoms with Gasteiger partial charge in [0, 0.05) is 39.1 Å². The second-order valence-corrected chi connectivity index (χ2v) is 7.05. The minimum Gasteiger partial charge on any atom is -0.396 e. The minimum atomic E-state index is -0.317. The molecule has 0 saturated carbocycles. The molecule has 0 radical (unpaired) electrons. The molecular formula is C18H37NO3. The van der Waals surface area contributed by atoms with E-state index < -0.39 is 0 Å². The van der Waals surface area contributed by atoms with Crippen LogP contribution in [0.1, 0.15) is 60.8 Å². The third-order valence-corrected chi connectivity index (χ3v) is 4.09. The van der Waals surface area contributed by atoms with Crippen molar-refractivity contribution >= 4 is 0 Å². The maximum absolute atomic E-state index is 9.32. The van der Waals surface area contributed by atoms with Crippen LogP contribution in [-0.2, 0) is 9.57 Å². The number of ether oxygens (including phenoxy) is 1. The Hall–Kier alpha value is -0.420. The summed E-state index contributed by atoms with van der Waals surface area (Å²) < 4.78 is 5.72. The van der Waals surface area contributed by atoms with Crippen molar-refractivity contribution in [1.29, 1.82) is 0 Å². The molecule has 3 atom stereocenters. The maximum atomic E-state index is 9.32. The molecule has 0 bridgehead atoms. The van der Waals surface area contributed by atoms with E-state index in [2.05, 4.69) is 47.6 Å². The van der Waals surface area contributed by atoms with Gasteiger partial charge in [0.1, 0.15) is 0 Å². The van der Waals surface area contributed by atoms with Crippen LogP contribution in [-0.4, -0.2) is 48.7 Å². The van der Waals surface area contributed by atoms with E-state index in [-0.39, 0.29) is 24.2 Å². The molecule has 4 nitrogen and oxygen atoms in total. The van der Waals surface area contributed by atoms with E-state index in [0.717, 1.165) is 12.8 Å². The average molecular weight is 315 g/mol. The van der Waals surface area contributed by atoms with Crippen LogP contribution >= 0.6 is 0 Å². The molecule has 0 aromatic rings. The number of rotatable bonds is 11. The van der Waals surface area contributed by atoms with E-state index in [1.807, 2.05) is 12.1 Å². The van der Waals surface area contributed by atoms with Gasteiger partial charge in [0.15, 0.2) is 0 Å². The maximum Gasteiger partial charge on any atom is 0.0868 e. The van der Waals surface area contributed by atoms with E-state index in [1.54, 1.807) is 7.11 Å². The normalized spacial score (nSPS) is 16.5. The van der Waals surface area contributed by atoms with Crippen LogP contribution in [0.25, 0.3) is 0 Å². The Bertz CT molecular complexity index is 324. The summed E-state index contributed by atoms with van der Waals surface area (Å²) >= 11 is 0. The number of aliphatic hydroxyl groups excluding tert-OH is 1. The minimum absolute atomic E-state index is 0.0300. The lowest BCUT2D eigenvalue weighted by Crippen LogP contribution is -2.42. The van der Waals surface area contributed by atoms with Gasteiger partial charge in [-0.2, -0.15) is 5.06 Å². The summed E-state index contributed by atoms with van der Waals surface area (Å²) in [6.07, 6.45) is 4.76. The lowest BCUT2D eigenvalue weighted by Gasteiger charge is -2.37. The van der Waals surface area contributed by atoms with Crippen molar-refractivity contribution in [3.05, 3.63) is 11.6 Å². The molecule has 0 fully saturated rings. The smallest absolute Gasteiger partial charge is 0.0868 e. The lowest BCUT2D eigenvalue weighted by atomic mass is 9.88. The molecule has 0 aliphatic heterocycles. The first-order chi connectivity index (χ1) is 10.2. The number of hydrogen-bond donors (Lipinski definition) is 1. The van der Waals surface area contributed by atoms with Gasteiger partial charge < -0.3 is 9.84 Å². The van der Waals surface area contributed by atoms with Gasteiger partial charge in [0.2, 0.25) is 0 Å². The van der Waals surface area contributed by atoms with Crippen LogP contribution in [0.15, 0.2) is 11.6 Å². The summed E-state index contributed by atoms with van der Waals surface area (Å²) in [4.78, 5) is 6.13. The molecule has 132 valence electrons. The van der Waals surface area contributed by atoms with Gasteiger partial charge in [-0.3, -0.25) is 4.84 Å². The van der Waals surface area contributed by atoms with Crippen molar-refractivity contribution in [3.8, 4) is 0 Å². The Morgan fingerprint density at radius 2 is 1.91 bits per heavy atom. The molecule has 4 heteroatoms. The third kappa shape index (κ3) is 8.28. The largest absolute Gasteiger partial charge is 0.396 e. The molecule has 22 heavy (non-hydrogen) atoms. The van der Waals surface area contributed by atoms with Crippen molar-refractivity contribution in [1.82, 2.24) is 5.06 Å². The molecule has 1 N–H and O–H groups in total. The number of methoxy groups -OCH3 is 1. The monoisotopic (exact) mass is 315 g/mol. The summed E-state index contributed by atoms with van der Waals surface area (Å²) in [5, 5.41) is 11.3. The molecule has 0 heterocycles. The van der Waals surface area contributed by atoms with Crippen molar-refractivity contribution in [2.24, 2.45) is 5.92 Å². The van der Waals surface area contributed by atoms with Crippen LogP contribution in [0.3, 0.4) is 0 Å². The quantitative estimate of drug-likeness (QED) is 0.465. The molecule has 0 aromatic heterocycles. The van der Waals surface area contributed by atoms with E-state index in [9.17, 15) is 5.11 Å². The zero-order chi connectivity index (χ0) is 17.3. The van der Waals surface area contributed by atoms with Gasteiger partial charge in [-0.25, -0.2) is 0 Å². The number of allylic oxidation sites excluding steroid dienone is 1. The van der Waals surface area contributed by atoms with E-state index in [1.165, 1.54) is 5.57 Å². The van der Waals surface area contributed by atoms with Crippen molar-refractivity contribution in [2.45, 2.75) is 78.6 Å². The Kier molecular flexibility index (Phi) is 10.2. The molecule has 0 saturated heterocycles. The van der Waals surface area contributed by atoms with Crippen molar-refractivity contribution < 1.29 is 14.7 Å². The second kappa shape index (κ2) is 10.4. The average Bonchev–Trinajstić information content (AvgIpc) is 2.42. The predicted octanol–water partition coefficient (Wildman–Crippen LogP) is 3.80. The van der Waals surface area contributed by atoms with Crippen LogP contribution in [0.5, 0.6) is 0 Å². The number of hydrogen-bond acceptors (Lipinski definition) is 4. The van der Waals surface area contributed by atoms with Gasteiger partial charge in [0.25, 0.3) is 0 Å². The molecule has 0 rings (SSSR count). The molecule has 0 aliphatic rings. The van der Waals surface area contributed by atoms with Crippen molar-refractivity contribution in [3.63, 3.8) is 0 Å². The predicted molar refractivity (Wildman–Crippen MR) is 92.7 cm³/mol. The highest BCUT2D eigenvalue weighted by molar-refractivity contribution is 5.00. The Labute approximate surface area is 137 Å². The van der Waals surface area contributed by atoms with E-state index in [4.69, 9.17) is 9.57 Å². The first-order valence-electron chi connectivity index (χ1n) is 8.37. The van der Waals surface area contributed by atoms with Crippen LogP contribution < -0.4 is 0 Å². The second-order valence-electron chi connectivity index (χ2n) is 7.05. The highest BCUT2D eigenvalue weighted by atomic mass is 16.7. The zero-order valence-corrected chi connectivity index (χ0v) is 15.8. The Morgan fingerprint density at radius 1 is 1.32 bits per heavy atom. The van der Waals surface area contributed by atoms with E-state index in [0.29, 0.717) is 12.5 Å². The first-order valence-corrected chi connectivity index (χ1v) is 8.37. The summed E-state index contributed by atoms with van der Waals surface area (Å²) in [6, 6.07) is 0.381. The molecule has 0 aromatic carbocycles. The highest BCUT2D eigenvalue weighted by Gasteiger charge is 2.30. The topological polar surface area (TPSA) is 41.9 Å². The van der Waals surface area contributed by atoms with Gasteiger partial charge >= 0.3 is 0 Å². The van der Waals surface area contributed by atoms with Crippen LogP contribution in [0, 0.1) is 5.92 Å². The Morgan fingerprint density at radius 3 is 2.32 bits per heavy atom. The fourth-order valence-corrected chi connectivity index (χ4v) is 2.62. The molecule has 0 spiro atoms. The summed E-state index contributed by atoms with van der Waals surface area (Å²) in [7, 11) is 3.72. The molecular weight excluding hydrogens is 278 g/mol. The number of nitrogens with zero attached hydrogens (tertiary/aromatic N) is 1. The SMILES string of the molecule is CCC(C)N(C)OC(C)(C)CC(OC)C(C=C(C)C)CCO. The molecule has 3 unspecified atom stereocenters. The van der Waals surface area contributed by atoms with Gasteiger partial charge in [-0.15, -0.1) is 0 Å². The molecule has 0 aliphatic carbocycles. The number of hydroxylamine groups is 2. The first kappa shape index (κ1) is 21.6. The van der Waals surface area contributed by atoms with Gasteiger partial charge in [-0.1, -0.05) is 18.6 Å².